The van der Waals surface area contributed by atoms with E-state index in [0.717, 1.165) is 6.07 Å². The molecule has 0 radical (unpaired) electrons. The summed E-state index contributed by atoms with van der Waals surface area (Å²) >= 11 is 5.94. The molecule has 0 bridgehead atoms. The SMILES string of the molecule is CC1CN(S(=O)(=O)c2cc([N+](=O)[O-])ccc2Cl)C(C)CN1. The van der Waals surface area contributed by atoms with Gasteiger partial charge in [0.15, 0.2) is 0 Å². The molecule has 2 atom stereocenters. The van der Waals surface area contributed by atoms with Crippen LogP contribution in [0.4, 0.5) is 5.69 Å². The standard InChI is InChI=1S/C12H16ClN3O4S/c1-8-7-15(9(2)6-14-8)21(19,20)12-5-10(16(17)18)3-4-11(12)13/h3-5,8-9,14H,6-7H2,1-2H3. The Morgan fingerprint density at radius 3 is 2.71 bits per heavy atom. The highest BCUT2D eigenvalue weighted by atomic mass is 35.5. The van der Waals surface area contributed by atoms with E-state index < -0.39 is 14.9 Å². The highest BCUT2D eigenvalue weighted by Crippen LogP contribution is 2.30. The monoisotopic (exact) mass is 333 g/mol. The van der Waals surface area contributed by atoms with Crippen molar-refractivity contribution in [1.82, 2.24) is 9.62 Å². The molecule has 1 saturated heterocycles. The van der Waals surface area contributed by atoms with Gasteiger partial charge in [-0.15, -0.1) is 0 Å². The van der Waals surface area contributed by atoms with Crippen molar-refractivity contribution in [2.24, 2.45) is 0 Å². The average Bonchev–Trinajstić information content (AvgIpc) is 2.41. The summed E-state index contributed by atoms with van der Waals surface area (Å²) in [6, 6.07) is 3.19. The van der Waals surface area contributed by atoms with E-state index in [0.29, 0.717) is 13.1 Å². The van der Waals surface area contributed by atoms with Crippen LogP contribution < -0.4 is 5.32 Å². The van der Waals surface area contributed by atoms with Crippen molar-refractivity contribution in [3.63, 3.8) is 0 Å². The molecule has 0 aliphatic carbocycles. The molecule has 1 aliphatic rings. The van der Waals surface area contributed by atoms with Crippen LogP contribution in [0.5, 0.6) is 0 Å². The van der Waals surface area contributed by atoms with E-state index in [1.54, 1.807) is 6.92 Å². The zero-order valence-corrected chi connectivity index (χ0v) is 13.2. The van der Waals surface area contributed by atoms with E-state index in [4.69, 9.17) is 11.6 Å². The third-order valence-electron chi connectivity index (χ3n) is 3.42. The summed E-state index contributed by atoms with van der Waals surface area (Å²) in [5.41, 5.74) is -0.297. The van der Waals surface area contributed by atoms with Crippen LogP contribution in [0, 0.1) is 10.1 Å². The number of non-ortho nitro benzene ring substituents is 1. The van der Waals surface area contributed by atoms with Crippen LogP contribution in [0.2, 0.25) is 5.02 Å². The Bertz CT molecular complexity index is 664. The number of nitrogens with zero attached hydrogens (tertiary/aromatic N) is 2. The molecule has 0 spiro atoms. The van der Waals surface area contributed by atoms with E-state index in [9.17, 15) is 18.5 Å². The number of piperazine rings is 1. The van der Waals surface area contributed by atoms with Crippen molar-refractivity contribution in [2.75, 3.05) is 13.1 Å². The topological polar surface area (TPSA) is 92.5 Å². The second-order valence-corrected chi connectivity index (χ2v) is 7.37. The van der Waals surface area contributed by atoms with Crippen LogP contribution in [0.15, 0.2) is 23.1 Å². The summed E-state index contributed by atoms with van der Waals surface area (Å²) in [7, 11) is -3.87. The summed E-state index contributed by atoms with van der Waals surface area (Å²) < 4.78 is 26.8. The largest absolute Gasteiger partial charge is 0.311 e. The Morgan fingerprint density at radius 2 is 2.10 bits per heavy atom. The summed E-state index contributed by atoms with van der Waals surface area (Å²) in [6.45, 7) is 4.47. The lowest BCUT2D eigenvalue weighted by molar-refractivity contribution is -0.385. The zero-order valence-electron chi connectivity index (χ0n) is 11.6. The molecule has 7 nitrogen and oxygen atoms in total. The molecule has 0 amide bonds. The first-order valence-corrected chi connectivity index (χ1v) is 8.24. The molecule has 0 aromatic heterocycles. The van der Waals surface area contributed by atoms with Crippen LogP contribution >= 0.6 is 11.6 Å². The molecule has 21 heavy (non-hydrogen) atoms. The zero-order chi connectivity index (χ0) is 15.8. The van der Waals surface area contributed by atoms with E-state index in [1.165, 1.54) is 16.4 Å². The lowest BCUT2D eigenvalue weighted by Gasteiger charge is -2.36. The van der Waals surface area contributed by atoms with E-state index in [2.05, 4.69) is 5.32 Å². The molecule has 1 heterocycles. The van der Waals surface area contributed by atoms with Crippen LogP contribution in [0.3, 0.4) is 0 Å². The second-order valence-electron chi connectivity index (χ2n) is 5.10. The number of sulfonamides is 1. The smallest absolute Gasteiger partial charge is 0.270 e. The van der Waals surface area contributed by atoms with Crippen molar-refractivity contribution in [3.05, 3.63) is 33.3 Å². The fourth-order valence-electron chi connectivity index (χ4n) is 2.25. The van der Waals surface area contributed by atoms with Crippen molar-refractivity contribution < 1.29 is 13.3 Å². The van der Waals surface area contributed by atoms with E-state index in [-0.39, 0.29) is 27.7 Å². The minimum Gasteiger partial charge on any atom is -0.311 e. The Hall–Kier alpha value is -1.22. The van der Waals surface area contributed by atoms with Crippen molar-refractivity contribution in [2.45, 2.75) is 30.8 Å². The number of hydrogen-bond donors (Lipinski definition) is 1. The Morgan fingerprint density at radius 1 is 1.43 bits per heavy atom. The van der Waals surface area contributed by atoms with Gasteiger partial charge in [0.1, 0.15) is 4.90 Å². The van der Waals surface area contributed by atoms with Crippen LogP contribution in [-0.4, -0.2) is 42.8 Å². The predicted molar refractivity (Wildman–Crippen MR) is 78.9 cm³/mol. The highest BCUT2D eigenvalue weighted by Gasteiger charge is 2.35. The summed E-state index contributed by atoms with van der Waals surface area (Å²) in [5, 5.41) is 14.0. The summed E-state index contributed by atoms with van der Waals surface area (Å²) in [5.74, 6) is 0. The van der Waals surface area contributed by atoms with Crippen molar-refractivity contribution >= 4 is 27.3 Å². The normalized spacial score (nSPS) is 24.0. The molecule has 1 aromatic rings. The van der Waals surface area contributed by atoms with Crippen LogP contribution in [-0.2, 0) is 10.0 Å². The van der Waals surface area contributed by atoms with Gasteiger partial charge in [0.05, 0.1) is 9.95 Å². The van der Waals surface area contributed by atoms with Gasteiger partial charge in [-0.3, -0.25) is 10.1 Å². The van der Waals surface area contributed by atoms with Gasteiger partial charge in [0.2, 0.25) is 10.0 Å². The van der Waals surface area contributed by atoms with Gasteiger partial charge in [-0.1, -0.05) is 11.6 Å². The molecular weight excluding hydrogens is 318 g/mol. The number of nitro benzene ring substituents is 1. The predicted octanol–water partition coefficient (Wildman–Crippen LogP) is 1.62. The molecular formula is C12H16ClN3O4S. The lowest BCUT2D eigenvalue weighted by Crippen LogP contribution is -2.56. The Labute approximate surface area is 128 Å². The van der Waals surface area contributed by atoms with Gasteiger partial charge >= 0.3 is 0 Å². The van der Waals surface area contributed by atoms with Crippen molar-refractivity contribution in [1.29, 1.82) is 0 Å². The molecule has 2 rings (SSSR count). The van der Waals surface area contributed by atoms with Gasteiger partial charge in [-0.05, 0) is 19.9 Å². The van der Waals surface area contributed by atoms with Gasteiger partial charge in [0.25, 0.3) is 5.69 Å². The maximum absolute atomic E-state index is 12.7. The number of hydrogen-bond acceptors (Lipinski definition) is 5. The maximum Gasteiger partial charge on any atom is 0.270 e. The Kier molecular flexibility index (Phi) is 4.52. The second kappa shape index (κ2) is 5.88. The number of nitro groups is 1. The molecule has 1 aromatic carbocycles. The number of halogens is 1. The Balaban J connectivity index is 2.48. The van der Waals surface area contributed by atoms with E-state index >= 15 is 0 Å². The van der Waals surface area contributed by atoms with Gasteiger partial charge in [-0.25, -0.2) is 8.42 Å². The van der Waals surface area contributed by atoms with Gasteiger partial charge in [0, 0.05) is 37.3 Å². The summed E-state index contributed by atoms with van der Waals surface area (Å²) in [4.78, 5) is 9.97. The molecule has 1 aliphatic heterocycles. The van der Waals surface area contributed by atoms with Gasteiger partial charge < -0.3 is 5.32 Å². The quantitative estimate of drug-likeness (QED) is 0.670. The van der Waals surface area contributed by atoms with Crippen LogP contribution in [0.25, 0.3) is 0 Å². The molecule has 0 saturated carbocycles. The number of nitrogens with one attached hydrogen (secondary N) is 1. The lowest BCUT2D eigenvalue weighted by atomic mass is 10.2. The minimum atomic E-state index is -3.87. The number of rotatable bonds is 3. The molecule has 116 valence electrons. The maximum atomic E-state index is 12.7. The fraction of sp³-hybridized carbons (Fsp3) is 0.500. The fourth-order valence-corrected chi connectivity index (χ4v) is 4.47. The first-order valence-electron chi connectivity index (χ1n) is 6.42. The van der Waals surface area contributed by atoms with Crippen LogP contribution in [0.1, 0.15) is 13.8 Å². The molecule has 1 fully saturated rings. The molecule has 2 unspecified atom stereocenters. The average molecular weight is 334 g/mol. The van der Waals surface area contributed by atoms with Crippen molar-refractivity contribution in [3.8, 4) is 0 Å². The van der Waals surface area contributed by atoms with E-state index in [1.807, 2.05) is 6.92 Å². The number of benzene rings is 1. The highest BCUT2D eigenvalue weighted by molar-refractivity contribution is 7.89. The molecule has 9 heteroatoms. The molecule has 1 N–H and O–H groups in total. The first kappa shape index (κ1) is 16.2. The third kappa shape index (κ3) is 3.18. The summed E-state index contributed by atoms with van der Waals surface area (Å²) in [6.07, 6.45) is 0. The first-order chi connectivity index (χ1) is 9.73. The third-order valence-corrected chi connectivity index (χ3v) is 5.88. The van der Waals surface area contributed by atoms with Gasteiger partial charge in [-0.2, -0.15) is 4.31 Å². The minimum absolute atomic E-state index is 0.00782.